The summed E-state index contributed by atoms with van der Waals surface area (Å²) < 4.78 is 15.4. The zero-order valence-corrected chi connectivity index (χ0v) is 22.0. The minimum atomic E-state index is -0.655. The van der Waals surface area contributed by atoms with Crippen molar-refractivity contribution in [1.82, 2.24) is 20.0 Å². The molecule has 38 heavy (non-hydrogen) atoms. The molecule has 0 spiro atoms. The smallest absolute Gasteiger partial charge is 0.150 e. The highest BCUT2D eigenvalue weighted by molar-refractivity contribution is 6.35. The first-order chi connectivity index (χ1) is 18.1. The summed E-state index contributed by atoms with van der Waals surface area (Å²) in [5.41, 5.74) is 2.95. The van der Waals surface area contributed by atoms with Crippen molar-refractivity contribution in [3.8, 4) is 12.1 Å². The summed E-state index contributed by atoms with van der Waals surface area (Å²) in [6.07, 6.45) is 4.72. The van der Waals surface area contributed by atoms with Gasteiger partial charge in [-0.2, -0.15) is 10.5 Å². The van der Waals surface area contributed by atoms with Crippen LogP contribution in [0.5, 0.6) is 0 Å². The van der Waals surface area contributed by atoms with Crippen LogP contribution in [0.3, 0.4) is 0 Å². The highest BCUT2D eigenvalue weighted by atomic mass is 35.5. The third-order valence-electron chi connectivity index (χ3n) is 6.53. The standard InChI is InChI=1S/C28H26ClFN8/c1-27(2,3)16-34-24-18(12-31)13-33-26-21(24)10-20(11-22(26)29)35-25(17-4-6-19(30)7-5-17)23-14-38(37-36-23)28(15-32)8-9-28/h4-7,10-11,13-14,25,35H,8-9,16H2,1-3H3,(H,33,34)/t25-/m0/s1. The van der Waals surface area contributed by atoms with E-state index in [4.69, 9.17) is 11.6 Å². The molecule has 1 fully saturated rings. The molecular formula is C28H26ClFN8. The van der Waals surface area contributed by atoms with Gasteiger partial charge in [0.2, 0.25) is 0 Å². The number of rotatable bonds is 7. The predicted octanol–water partition coefficient (Wildman–Crippen LogP) is 6.16. The first kappa shape index (κ1) is 25.4. The van der Waals surface area contributed by atoms with E-state index in [9.17, 15) is 14.9 Å². The van der Waals surface area contributed by atoms with Gasteiger partial charge in [-0.3, -0.25) is 4.98 Å². The number of nitrogens with zero attached hydrogens (tertiary/aromatic N) is 6. The van der Waals surface area contributed by atoms with E-state index >= 15 is 0 Å². The molecule has 0 amide bonds. The largest absolute Gasteiger partial charge is 0.383 e. The number of benzene rings is 2. The molecule has 4 aromatic rings. The Kier molecular flexibility index (Phi) is 6.42. The summed E-state index contributed by atoms with van der Waals surface area (Å²) in [6, 6.07) is 13.8. The minimum Gasteiger partial charge on any atom is -0.383 e. The monoisotopic (exact) mass is 528 g/mol. The second-order valence-corrected chi connectivity index (χ2v) is 11.2. The van der Waals surface area contributed by atoms with Crippen LogP contribution in [0.4, 0.5) is 15.8 Å². The molecule has 1 aliphatic carbocycles. The number of nitriles is 2. The van der Waals surface area contributed by atoms with Crippen LogP contribution in [0, 0.1) is 33.9 Å². The predicted molar refractivity (Wildman–Crippen MR) is 144 cm³/mol. The van der Waals surface area contributed by atoms with Crippen molar-refractivity contribution in [2.45, 2.75) is 45.2 Å². The van der Waals surface area contributed by atoms with Gasteiger partial charge in [0.05, 0.1) is 40.1 Å². The first-order valence-corrected chi connectivity index (χ1v) is 12.6. The lowest BCUT2D eigenvalue weighted by Crippen LogP contribution is -2.20. The third kappa shape index (κ3) is 4.98. The average molecular weight is 529 g/mol. The van der Waals surface area contributed by atoms with Crippen LogP contribution < -0.4 is 10.6 Å². The van der Waals surface area contributed by atoms with Gasteiger partial charge in [-0.15, -0.1) is 5.10 Å². The Morgan fingerprint density at radius 1 is 1.18 bits per heavy atom. The SMILES string of the molecule is CC(C)(C)CNc1c(C#N)cnc2c(Cl)cc(N[C@@H](c3ccc(F)cc3)c3cn(C4(C#N)CC4)nn3)cc12. The maximum atomic E-state index is 13.7. The van der Waals surface area contributed by atoms with Gasteiger partial charge >= 0.3 is 0 Å². The molecule has 2 aromatic heterocycles. The molecule has 0 aliphatic heterocycles. The number of hydrogen-bond donors (Lipinski definition) is 2. The van der Waals surface area contributed by atoms with Crippen molar-refractivity contribution < 1.29 is 4.39 Å². The molecule has 192 valence electrons. The van der Waals surface area contributed by atoms with Crippen molar-refractivity contribution in [3.05, 3.63) is 76.5 Å². The molecule has 2 aromatic carbocycles. The van der Waals surface area contributed by atoms with E-state index in [1.54, 1.807) is 29.1 Å². The van der Waals surface area contributed by atoms with Gasteiger partial charge in [0.15, 0.2) is 5.54 Å². The fraction of sp³-hybridized carbons (Fsp3) is 0.321. The molecule has 1 aliphatic rings. The number of hydrogen-bond acceptors (Lipinski definition) is 7. The zero-order valence-electron chi connectivity index (χ0n) is 21.3. The highest BCUT2D eigenvalue weighted by Crippen LogP contribution is 2.42. The third-order valence-corrected chi connectivity index (χ3v) is 6.82. The Balaban J connectivity index is 1.58. The van der Waals surface area contributed by atoms with Crippen molar-refractivity contribution in [3.63, 3.8) is 0 Å². The Morgan fingerprint density at radius 2 is 1.92 bits per heavy atom. The van der Waals surface area contributed by atoms with Crippen molar-refractivity contribution in [1.29, 1.82) is 10.5 Å². The van der Waals surface area contributed by atoms with E-state index in [2.05, 4.69) is 58.8 Å². The number of nitrogens with one attached hydrogen (secondary N) is 2. The highest BCUT2D eigenvalue weighted by Gasteiger charge is 2.46. The minimum absolute atomic E-state index is 0.0240. The lowest BCUT2D eigenvalue weighted by molar-refractivity contribution is 0.443. The Morgan fingerprint density at radius 3 is 2.55 bits per heavy atom. The van der Waals surface area contributed by atoms with Crippen LogP contribution in [0.2, 0.25) is 5.02 Å². The number of fused-ring (bicyclic) bond motifs is 1. The Labute approximate surface area is 225 Å². The van der Waals surface area contributed by atoms with Crippen LogP contribution in [-0.2, 0) is 5.54 Å². The molecule has 0 radical (unpaired) electrons. The van der Waals surface area contributed by atoms with Crippen LogP contribution in [-0.4, -0.2) is 26.5 Å². The van der Waals surface area contributed by atoms with E-state index in [1.165, 1.54) is 18.3 Å². The van der Waals surface area contributed by atoms with Gasteiger partial charge in [-0.25, -0.2) is 9.07 Å². The van der Waals surface area contributed by atoms with Crippen molar-refractivity contribution in [2.24, 2.45) is 5.41 Å². The summed E-state index contributed by atoms with van der Waals surface area (Å²) in [7, 11) is 0. The molecule has 5 rings (SSSR count). The normalized spacial score (nSPS) is 14.9. The fourth-order valence-electron chi connectivity index (χ4n) is 4.25. The molecule has 2 N–H and O–H groups in total. The van der Waals surface area contributed by atoms with Gasteiger partial charge in [-0.1, -0.05) is 49.7 Å². The van der Waals surface area contributed by atoms with Crippen molar-refractivity contribution >= 4 is 33.9 Å². The molecule has 10 heteroatoms. The lowest BCUT2D eigenvalue weighted by atomic mass is 9.96. The number of anilines is 2. The van der Waals surface area contributed by atoms with Gasteiger partial charge in [-0.05, 0) is 48.1 Å². The lowest BCUT2D eigenvalue weighted by Gasteiger charge is -2.22. The van der Waals surface area contributed by atoms with Crippen LogP contribution >= 0.6 is 11.6 Å². The first-order valence-electron chi connectivity index (χ1n) is 12.2. The zero-order chi connectivity index (χ0) is 27.1. The molecule has 1 atom stereocenters. The van der Waals surface area contributed by atoms with Crippen molar-refractivity contribution in [2.75, 3.05) is 17.2 Å². The fourth-order valence-corrected chi connectivity index (χ4v) is 4.52. The van der Waals surface area contributed by atoms with E-state index in [-0.39, 0.29) is 11.2 Å². The second-order valence-electron chi connectivity index (χ2n) is 10.8. The van der Waals surface area contributed by atoms with Crippen LogP contribution in [0.1, 0.15) is 56.5 Å². The maximum Gasteiger partial charge on any atom is 0.150 e. The number of aromatic nitrogens is 4. The van der Waals surface area contributed by atoms with E-state index in [1.807, 2.05) is 6.07 Å². The quantitative estimate of drug-likeness (QED) is 0.295. The van der Waals surface area contributed by atoms with Gasteiger partial charge in [0.1, 0.15) is 17.6 Å². The van der Waals surface area contributed by atoms with Gasteiger partial charge in [0.25, 0.3) is 0 Å². The number of halogens is 2. The number of pyridine rings is 1. The van der Waals surface area contributed by atoms with Gasteiger partial charge in [0, 0.05) is 23.8 Å². The van der Waals surface area contributed by atoms with E-state index in [0.29, 0.717) is 45.1 Å². The van der Waals surface area contributed by atoms with E-state index in [0.717, 1.165) is 18.4 Å². The molecule has 0 saturated heterocycles. The summed E-state index contributed by atoms with van der Waals surface area (Å²) >= 11 is 6.68. The van der Waals surface area contributed by atoms with Crippen LogP contribution in [0.15, 0.2) is 48.8 Å². The van der Waals surface area contributed by atoms with Gasteiger partial charge < -0.3 is 10.6 Å². The Bertz CT molecular complexity index is 1590. The Hall–Kier alpha value is -4.21. The van der Waals surface area contributed by atoms with Crippen LogP contribution in [0.25, 0.3) is 10.9 Å². The molecule has 0 unspecified atom stereocenters. The molecule has 2 heterocycles. The summed E-state index contributed by atoms with van der Waals surface area (Å²) in [5, 5.41) is 35.9. The summed E-state index contributed by atoms with van der Waals surface area (Å²) in [6.45, 7) is 6.95. The second kappa shape index (κ2) is 9.59. The maximum absolute atomic E-state index is 13.7. The average Bonchev–Trinajstić information content (AvgIpc) is 3.53. The summed E-state index contributed by atoms with van der Waals surface area (Å²) in [5.74, 6) is -0.351. The summed E-state index contributed by atoms with van der Waals surface area (Å²) in [4.78, 5) is 4.43. The molecule has 1 saturated carbocycles. The van der Waals surface area contributed by atoms with E-state index < -0.39 is 11.6 Å². The topological polar surface area (TPSA) is 115 Å². The molecule has 8 nitrogen and oxygen atoms in total. The molecule has 0 bridgehead atoms. The molecular weight excluding hydrogens is 503 g/mol.